The molecule has 1 saturated heterocycles. The highest BCUT2D eigenvalue weighted by molar-refractivity contribution is 6.15. The number of nitrogens with zero attached hydrogens (tertiary/aromatic N) is 2. The molecule has 4 atom stereocenters. The van der Waals surface area contributed by atoms with Crippen molar-refractivity contribution in [3.05, 3.63) is 54.1 Å². The standard InChI is InChI=1S/C27H39N5O/c1-20-17-29-18-21(2)32(20)15-9-3-7-13-27(14-8-6-12-25(27)33)26(28)31-23-16-22-10-4-5-11-24(22)30-19-23/h4-6,8,10-12,14,20-21,23,29-30H,3,7,9,13,15-19H2,1-2H3,(H2,28,31). The Balaban J connectivity index is 1.37. The number of ketones is 1. The fourth-order valence-electron chi connectivity index (χ4n) is 5.45. The van der Waals surface area contributed by atoms with E-state index in [0.29, 0.717) is 24.3 Å². The highest BCUT2D eigenvalue weighted by Gasteiger charge is 2.39. The maximum atomic E-state index is 13.1. The van der Waals surface area contributed by atoms with Gasteiger partial charge in [0.1, 0.15) is 11.3 Å². The molecule has 0 saturated carbocycles. The summed E-state index contributed by atoms with van der Waals surface area (Å²) in [6.45, 7) is 8.56. The minimum atomic E-state index is -0.804. The second-order valence-electron chi connectivity index (χ2n) is 9.87. The van der Waals surface area contributed by atoms with Crippen molar-refractivity contribution in [1.29, 1.82) is 0 Å². The van der Waals surface area contributed by atoms with E-state index in [1.165, 1.54) is 11.3 Å². The molecule has 2 heterocycles. The van der Waals surface area contributed by atoms with Crippen LogP contribution in [-0.4, -0.2) is 60.8 Å². The van der Waals surface area contributed by atoms with Crippen LogP contribution in [0.25, 0.3) is 0 Å². The van der Waals surface area contributed by atoms with Gasteiger partial charge in [0.2, 0.25) is 0 Å². The second-order valence-corrected chi connectivity index (χ2v) is 9.87. The first-order valence-electron chi connectivity index (χ1n) is 12.5. The van der Waals surface area contributed by atoms with E-state index in [-0.39, 0.29) is 11.8 Å². The third-order valence-electron chi connectivity index (χ3n) is 7.46. The quantitative estimate of drug-likeness (QED) is 0.322. The van der Waals surface area contributed by atoms with Crippen LogP contribution in [0.1, 0.15) is 45.1 Å². The van der Waals surface area contributed by atoms with Crippen molar-refractivity contribution in [3.8, 4) is 0 Å². The molecule has 0 bridgehead atoms. The number of hydrogen-bond donors (Lipinski definition) is 3. The highest BCUT2D eigenvalue weighted by atomic mass is 16.1. The number of allylic oxidation sites excluding steroid dienone is 3. The van der Waals surface area contributed by atoms with Crippen LogP contribution in [0.5, 0.6) is 0 Å². The number of hydrogen-bond acceptors (Lipinski definition) is 5. The molecule has 4 unspecified atom stereocenters. The molecule has 0 amide bonds. The molecule has 1 aromatic rings. The van der Waals surface area contributed by atoms with E-state index in [1.807, 2.05) is 18.2 Å². The van der Waals surface area contributed by atoms with Crippen molar-refractivity contribution in [3.63, 3.8) is 0 Å². The fraction of sp³-hybridized carbons (Fsp3) is 0.556. The van der Waals surface area contributed by atoms with Gasteiger partial charge in [-0.25, -0.2) is 0 Å². The number of carbonyl (C=O) groups excluding carboxylic acids is 1. The molecular weight excluding hydrogens is 410 g/mol. The number of nitrogens with one attached hydrogen (secondary N) is 2. The molecule has 2 aliphatic heterocycles. The van der Waals surface area contributed by atoms with Crippen LogP contribution < -0.4 is 16.4 Å². The van der Waals surface area contributed by atoms with Gasteiger partial charge < -0.3 is 16.4 Å². The summed E-state index contributed by atoms with van der Waals surface area (Å²) in [5.41, 5.74) is 8.21. The third kappa shape index (κ3) is 5.39. The van der Waals surface area contributed by atoms with Crippen LogP contribution in [0, 0.1) is 5.41 Å². The summed E-state index contributed by atoms with van der Waals surface area (Å²) in [4.78, 5) is 20.6. The molecule has 178 valence electrons. The van der Waals surface area contributed by atoms with Crippen LogP contribution in [0.2, 0.25) is 0 Å². The average molecular weight is 450 g/mol. The zero-order chi connectivity index (χ0) is 23.3. The van der Waals surface area contributed by atoms with Gasteiger partial charge >= 0.3 is 0 Å². The number of anilines is 1. The largest absolute Gasteiger partial charge is 0.386 e. The van der Waals surface area contributed by atoms with E-state index in [0.717, 1.165) is 51.9 Å². The lowest BCUT2D eigenvalue weighted by molar-refractivity contribution is -0.119. The lowest BCUT2D eigenvalue weighted by atomic mass is 9.75. The number of unbranched alkanes of at least 4 members (excludes halogenated alkanes) is 2. The van der Waals surface area contributed by atoms with Crippen molar-refractivity contribution in [1.82, 2.24) is 10.2 Å². The summed E-state index contributed by atoms with van der Waals surface area (Å²) in [5, 5.41) is 6.95. The van der Waals surface area contributed by atoms with E-state index in [2.05, 4.69) is 47.6 Å². The van der Waals surface area contributed by atoms with Crippen molar-refractivity contribution in [2.75, 3.05) is 31.5 Å². The van der Waals surface area contributed by atoms with Crippen LogP contribution in [0.15, 0.2) is 53.6 Å². The van der Waals surface area contributed by atoms with Crippen LogP contribution in [0.3, 0.4) is 0 Å². The number of carbonyl (C=O) groups is 1. The molecule has 1 aliphatic carbocycles. The van der Waals surface area contributed by atoms with Crippen LogP contribution in [-0.2, 0) is 11.2 Å². The zero-order valence-electron chi connectivity index (χ0n) is 20.1. The first kappa shape index (κ1) is 23.7. The van der Waals surface area contributed by atoms with Gasteiger partial charge in [-0.05, 0) is 57.4 Å². The van der Waals surface area contributed by atoms with Crippen molar-refractivity contribution in [2.45, 2.75) is 64.1 Å². The number of aliphatic imine (C=N–C) groups is 1. The van der Waals surface area contributed by atoms with E-state index in [1.54, 1.807) is 12.2 Å². The second kappa shape index (κ2) is 10.7. The van der Waals surface area contributed by atoms with Crippen molar-refractivity contribution >= 4 is 17.3 Å². The minimum Gasteiger partial charge on any atom is -0.386 e. The molecule has 6 nitrogen and oxygen atoms in total. The summed E-state index contributed by atoms with van der Waals surface area (Å²) in [7, 11) is 0. The number of nitrogens with two attached hydrogens (primary N) is 1. The molecule has 0 radical (unpaired) electrons. The molecule has 0 aromatic heterocycles. The van der Waals surface area contributed by atoms with Gasteiger partial charge in [-0.15, -0.1) is 0 Å². The number of amidine groups is 1. The van der Waals surface area contributed by atoms with Gasteiger partial charge in [-0.3, -0.25) is 14.7 Å². The van der Waals surface area contributed by atoms with Gasteiger partial charge in [0.15, 0.2) is 5.78 Å². The number of piperazine rings is 1. The molecule has 0 spiro atoms. The topological polar surface area (TPSA) is 82.8 Å². The SMILES string of the molecule is CC1CNCC(C)N1CCCCCC1(C(N)=NC2CNc3ccccc3C2)C=CC=CC1=O. The smallest absolute Gasteiger partial charge is 0.173 e. The first-order chi connectivity index (χ1) is 16.0. The Morgan fingerprint density at radius 1 is 1.12 bits per heavy atom. The predicted octanol–water partition coefficient (Wildman–Crippen LogP) is 3.30. The predicted molar refractivity (Wildman–Crippen MR) is 137 cm³/mol. The minimum absolute atomic E-state index is 0.0413. The summed E-state index contributed by atoms with van der Waals surface area (Å²) in [6.07, 6.45) is 12.1. The monoisotopic (exact) mass is 449 g/mol. The Labute approximate surface area is 198 Å². The van der Waals surface area contributed by atoms with Crippen molar-refractivity contribution in [2.24, 2.45) is 16.1 Å². The number of benzene rings is 1. The Bertz CT molecular complexity index is 913. The van der Waals surface area contributed by atoms with Gasteiger partial charge in [0.05, 0.1) is 6.04 Å². The van der Waals surface area contributed by atoms with Gasteiger partial charge in [-0.2, -0.15) is 0 Å². The normalized spacial score (nSPS) is 30.2. The maximum Gasteiger partial charge on any atom is 0.173 e. The zero-order valence-corrected chi connectivity index (χ0v) is 20.1. The van der Waals surface area contributed by atoms with Gasteiger partial charge in [0, 0.05) is 37.4 Å². The summed E-state index contributed by atoms with van der Waals surface area (Å²) < 4.78 is 0. The van der Waals surface area contributed by atoms with Crippen LogP contribution >= 0.6 is 0 Å². The molecule has 3 aliphatic rings. The van der Waals surface area contributed by atoms with Crippen LogP contribution in [0.4, 0.5) is 5.69 Å². The van der Waals surface area contributed by atoms with Gasteiger partial charge in [-0.1, -0.05) is 49.3 Å². The summed E-state index contributed by atoms with van der Waals surface area (Å²) in [5.74, 6) is 0.517. The van der Waals surface area contributed by atoms with Crippen molar-refractivity contribution < 1.29 is 4.79 Å². The summed E-state index contributed by atoms with van der Waals surface area (Å²) in [6, 6.07) is 9.51. The molecule has 33 heavy (non-hydrogen) atoms. The molecule has 1 fully saturated rings. The first-order valence-corrected chi connectivity index (χ1v) is 12.5. The average Bonchev–Trinajstić information content (AvgIpc) is 2.81. The molecule has 4 N–H and O–H groups in total. The molecule has 1 aromatic carbocycles. The number of rotatable bonds is 8. The number of para-hydroxylation sites is 1. The van der Waals surface area contributed by atoms with E-state index >= 15 is 0 Å². The Kier molecular flexibility index (Phi) is 7.66. The van der Waals surface area contributed by atoms with E-state index in [9.17, 15) is 4.79 Å². The molecule has 6 heteroatoms. The maximum absolute atomic E-state index is 13.1. The lowest BCUT2D eigenvalue weighted by Gasteiger charge is -2.39. The van der Waals surface area contributed by atoms with E-state index < -0.39 is 5.41 Å². The Morgan fingerprint density at radius 2 is 1.91 bits per heavy atom. The Morgan fingerprint density at radius 3 is 2.70 bits per heavy atom. The number of fused-ring (bicyclic) bond motifs is 1. The highest BCUT2D eigenvalue weighted by Crippen LogP contribution is 2.33. The Hall–Kier alpha value is -2.44. The molecular formula is C27H39N5O. The van der Waals surface area contributed by atoms with Gasteiger partial charge in [0.25, 0.3) is 0 Å². The summed E-state index contributed by atoms with van der Waals surface area (Å²) >= 11 is 0. The van der Waals surface area contributed by atoms with E-state index in [4.69, 9.17) is 10.7 Å². The lowest BCUT2D eigenvalue weighted by Crippen LogP contribution is -2.55. The third-order valence-corrected chi connectivity index (χ3v) is 7.46. The fourth-order valence-corrected chi connectivity index (χ4v) is 5.45. The molecule has 4 rings (SSSR count).